The molecule has 1 aliphatic heterocycles. The van der Waals surface area contributed by atoms with Gasteiger partial charge in [0.15, 0.2) is 0 Å². The van der Waals surface area contributed by atoms with Gasteiger partial charge in [-0.3, -0.25) is 15.0 Å². The zero-order valence-electron chi connectivity index (χ0n) is 13.9. The zero-order chi connectivity index (χ0) is 17.5. The van der Waals surface area contributed by atoms with Gasteiger partial charge in [-0.25, -0.2) is 0 Å². The third-order valence-electron chi connectivity index (χ3n) is 4.09. The summed E-state index contributed by atoms with van der Waals surface area (Å²) in [6.45, 7) is 2.47. The molecule has 1 fully saturated rings. The highest BCUT2D eigenvalue weighted by Crippen LogP contribution is 2.34. The lowest BCUT2D eigenvalue weighted by atomic mass is 9.89. The first-order chi connectivity index (χ1) is 11.5. The summed E-state index contributed by atoms with van der Waals surface area (Å²) in [6.07, 6.45) is 2.52. The Morgan fingerprint density at radius 1 is 1.38 bits per heavy atom. The Morgan fingerprint density at radius 3 is 2.71 bits per heavy atom. The van der Waals surface area contributed by atoms with Crippen LogP contribution in [0.3, 0.4) is 0 Å². The summed E-state index contributed by atoms with van der Waals surface area (Å²) in [5.41, 5.74) is 6.90. The molecule has 0 aliphatic carbocycles. The smallest absolute Gasteiger partial charge is 0.306 e. The summed E-state index contributed by atoms with van der Waals surface area (Å²) < 4.78 is 10.6. The molecule has 0 amide bonds. The maximum Gasteiger partial charge on any atom is 0.306 e. The molecular formula is C18H24N2O4. The summed E-state index contributed by atoms with van der Waals surface area (Å²) in [5, 5.41) is 7.40. The summed E-state index contributed by atoms with van der Waals surface area (Å²) in [6, 6.07) is 7.06. The Bertz CT molecular complexity index is 598. The van der Waals surface area contributed by atoms with Crippen LogP contribution in [0.4, 0.5) is 0 Å². The van der Waals surface area contributed by atoms with Gasteiger partial charge < -0.3 is 15.2 Å². The maximum absolute atomic E-state index is 11.8. The van der Waals surface area contributed by atoms with Crippen LogP contribution in [-0.2, 0) is 19.1 Å². The van der Waals surface area contributed by atoms with E-state index in [1.54, 1.807) is 24.3 Å². The minimum atomic E-state index is -0.374. The quantitative estimate of drug-likeness (QED) is 0.346. The summed E-state index contributed by atoms with van der Waals surface area (Å²) in [4.78, 5) is 23.7. The standard InChI is InChI=1S/C18H24N2O4/c1-2-3-8-23-16(21)10-12-9-15(24-17(22)11-12)13-4-6-14(7-5-13)18(19)20/h4-7,12,15H,2-3,8-11H2,1H3,(H3,19,20). The number of hydrogen-bond acceptors (Lipinski definition) is 5. The van der Waals surface area contributed by atoms with E-state index in [9.17, 15) is 9.59 Å². The number of cyclic esters (lactones) is 1. The molecule has 0 radical (unpaired) electrons. The first-order valence-corrected chi connectivity index (χ1v) is 8.29. The van der Waals surface area contributed by atoms with Gasteiger partial charge in [0.25, 0.3) is 0 Å². The van der Waals surface area contributed by atoms with Gasteiger partial charge in [0.05, 0.1) is 6.61 Å². The highest BCUT2D eigenvalue weighted by atomic mass is 16.5. The van der Waals surface area contributed by atoms with Crippen molar-refractivity contribution in [3.05, 3.63) is 35.4 Å². The third-order valence-corrected chi connectivity index (χ3v) is 4.09. The Labute approximate surface area is 141 Å². The molecule has 0 spiro atoms. The van der Waals surface area contributed by atoms with Gasteiger partial charge in [-0.15, -0.1) is 0 Å². The van der Waals surface area contributed by atoms with Crippen molar-refractivity contribution < 1.29 is 19.1 Å². The molecule has 6 nitrogen and oxygen atoms in total. The normalized spacial score (nSPS) is 20.3. The topological polar surface area (TPSA) is 102 Å². The predicted octanol–water partition coefficient (Wildman–Crippen LogP) is 2.70. The van der Waals surface area contributed by atoms with Crippen molar-refractivity contribution in [1.29, 1.82) is 5.41 Å². The van der Waals surface area contributed by atoms with Crippen molar-refractivity contribution in [3.8, 4) is 0 Å². The fraction of sp³-hybridized carbons (Fsp3) is 0.500. The van der Waals surface area contributed by atoms with E-state index in [0.717, 1.165) is 18.4 Å². The number of ether oxygens (including phenoxy) is 2. The Morgan fingerprint density at radius 2 is 2.08 bits per heavy atom. The molecule has 0 saturated carbocycles. The molecule has 0 bridgehead atoms. The van der Waals surface area contributed by atoms with Crippen LogP contribution in [0.15, 0.2) is 24.3 Å². The number of amidine groups is 1. The number of benzene rings is 1. The number of esters is 2. The summed E-state index contributed by atoms with van der Waals surface area (Å²) in [7, 11) is 0. The van der Waals surface area contributed by atoms with Crippen molar-refractivity contribution in [3.63, 3.8) is 0 Å². The molecule has 1 aromatic carbocycles. The van der Waals surface area contributed by atoms with Crippen LogP contribution in [0, 0.1) is 11.3 Å². The Hall–Kier alpha value is -2.37. The van der Waals surface area contributed by atoms with Crippen molar-refractivity contribution in [2.24, 2.45) is 11.7 Å². The maximum atomic E-state index is 11.8. The predicted molar refractivity (Wildman–Crippen MR) is 89.5 cm³/mol. The number of rotatable bonds is 7. The van der Waals surface area contributed by atoms with Gasteiger partial charge in [-0.05, 0) is 24.3 Å². The number of nitrogens with two attached hydrogens (primary N) is 1. The molecule has 24 heavy (non-hydrogen) atoms. The van der Waals surface area contributed by atoms with E-state index < -0.39 is 0 Å². The molecule has 1 aliphatic rings. The van der Waals surface area contributed by atoms with E-state index >= 15 is 0 Å². The SMILES string of the molecule is CCCCOC(=O)CC1CC(=O)OC(c2ccc(C(=N)N)cc2)C1. The number of nitrogen functional groups attached to an aromatic ring is 1. The minimum absolute atomic E-state index is 0.00473. The van der Waals surface area contributed by atoms with Gasteiger partial charge in [0, 0.05) is 18.4 Å². The van der Waals surface area contributed by atoms with Crippen LogP contribution < -0.4 is 5.73 Å². The van der Waals surface area contributed by atoms with Crippen molar-refractivity contribution in [2.75, 3.05) is 6.61 Å². The van der Waals surface area contributed by atoms with Crippen molar-refractivity contribution in [2.45, 2.75) is 45.1 Å². The summed E-state index contributed by atoms with van der Waals surface area (Å²) >= 11 is 0. The molecule has 2 unspecified atom stereocenters. The number of hydrogen-bond donors (Lipinski definition) is 2. The van der Waals surface area contributed by atoms with E-state index in [-0.39, 0.29) is 42.6 Å². The molecule has 2 atom stereocenters. The molecule has 1 saturated heterocycles. The molecule has 3 N–H and O–H groups in total. The minimum Gasteiger partial charge on any atom is -0.466 e. The molecule has 1 heterocycles. The second-order valence-corrected chi connectivity index (χ2v) is 6.10. The monoisotopic (exact) mass is 332 g/mol. The van der Waals surface area contributed by atoms with Gasteiger partial charge >= 0.3 is 11.9 Å². The Balaban J connectivity index is 1.95. The van der Waals surface area contributed by atoms with Gasteiger partial charge in [0.1, 0.15) is 11.9 Å². The molecule has 0 aromatic heterocycles. The van der Waals surface area contributed by atoms with Gasteiger partial charge in [0.2, 0.25) is 0 Å². The first kappa shape index (κ1) is 18.0. The zero-order valence-corrected chi connectivity index (χ0v) is 13.9. The lowest BCUT2D eigenvalue weighted by Gasteiger charge is -2.28. The van der Waals surface area contributed by atoms with E-state index in [1.807, 2.05) is 6.92 Å². The lowest BCUT2D eigenvalue weighted by molar-refractivity contribution is -0.159. The van der Waals surface area contributed by atoms with Crippen LogP contribution >= 0.6 is 0 Å². The highest BCUT2D eigenvalue weighted by molar-refractivity contribution is 5.94. The number of unbranched alkanes of at least 4 members (excludes halogenated alkanes) is 1. The van der Waals surface area contributed by atoms with E-state index in [0.29, 0.717) is 18.6 Å². The van der Waals surface area contributed by atoms with E-state index in [2.05, 4.69) is 0 Å². The number of carbonyl (C=O) groups is 2. The van der Waals surface area contributed by atoms with E-state index in [1.165, 1.54) is 0 Å². The van der Waals surface area contributed by atoms with Crippen LogP contribution in [0.1, 0.15) is 56.3 Å². The Kier molecular flexibility index (Phi) is 6.35. The molecular weight excluding hydrogens is 308 g/mol. The highest BCUT2D eigenvalue weighted by Gasteiger charge is 2.31. The second-order valence-electron chi connectivity index (χ2n) is 6.10. The van der Waals surface area contributed by atoms with E-state index in [4.69, 9.17) is 20.6 Å². The largest absolute Gasteiger partial charge is 0.466 e. The average Bonchev–Trinajstić information content (AvgIpc) is 2.54. The molecule has 2 rings (SSSR count). The number of nitrogens with one attached hydrogen (secondary N) is 1. The van der Waals surface area contributed by atoms with Crippen LogP contribution in [0.5, 0.6) is 0 Å². The van der Waals surface area contributed by atoms with Crippen LogP contribution in [-0.4, -0.2) is 24.4 Å². The fourth-order valence-electron chi connectivity index (χ4n) is 2.74. The van der Waals surface area contributed by atoms with Crippen molar-refractivity contribution in [1.82, 2.24) is 0 Å². The van der Waals surface area contributed by atoms with Gasteiger partial charge in [-0.1, -0.05) is 37.6 Å². The molecule has 6 heteroatoms. The molecule has 1 aromatic rings. The molecule has 130 valence electrons. The second kappa shape index (κ2) is 8.47. The van der Waals surface area contributed by atoms with Crippen LogP contribution in [0.25, 0.3) is 0 Å². The summed E-state index contributed by atoms with van der Waals surface area (Å²) in [5.74, 6) is -0.630. The lowest BCUT2D eigenvalue weighted by Crippen LogP contribution is -2.26. The van der Waals surface area contributed by atoms with Crippen molar-refractivity contribution >= 4 is 17.8 Å². The van der Waals surface area contributed by atoms with Gasteiger partial charge in [-0.2, -0.15) is 0 Å². The third kappa shape index (κ3) is 5.08. The fourth-order valence-corrected chi connectivity index (χ4v) is 2.74. The van der Waals surface area contributed by atoms with Crippen LogP contribution in [0.2, 0.25) is 0 Å². The first-order valence-electron chi connectivity index (χ1n) is 8.29. The number of carbonyl (C=O) groups excluding carboxylic acids is 2. The average molecular weight is 332 g/mol.